The third kappa shape index (κ3) is 4.70. The maximum Gasteiger partial charge on any atom is 0.246 e. The fraction of sp³-hybridized carbons (Fsp3) is 0.524. The molecular formula is C21H32N4O3S. The van der Waals surface area contributed by atoms with E-state index in [0.717, 1.165) is 21.1 Å². The van der Waals surface area contributed by atoms with E-state index in [9.17, 15) is 13.2 Å². The van der Waals surface area contributed by atoms with Gasteiger partial charge in [-0.05, 0) is 36.8 Å². The molecule has 0 bridgehead atoms. The molecule has 0 aliphatic rings. The number of carbonyl (C=O) groups is 1. The molecular weight excluding hydrogens is 388 g/mol. The molecule has 0 aliphatic heterocycles. The van der Waals surface area contributed by atoms with E-state index in [-0.39, 0.29) is 29.2 Å². The van der Waals surface area contributed by atoms with Crippen LogP contribution in [0.1, 0.15) is 62.0 Å². The standard InChI is InChI=1S/C21H32N4O3S/c1-13(2)17-10-9-11-18(14(3)4)20(17)22-19(26)12-25-16(6)21(15(5)23-25)29(27,28)24(7)8/h9-11,13-14H,12H2,1-8H3,(H,22,26). The van der Waals surface area contributed by atoms with Gasteiger partial charge in [-0.2, -0.15) is 5.10 Å². The van der Waals surface area contributed by atoms with Crippen molar-refractivity contribution in [2.45, 2.75) is 64.8 Å². The van der Waals surface area contributed by atoms with E-state index in [1.807, 2.05) is 18.2 Å². The molecule has 0 unspecified atom stereocenters. The molecule has 2 rings (SSSR count). The fourth-order valence-electron chi connectivity index (χ4n) is 3.40. The second-order valence-corrected chi connectivity index (χ2v) is 10.2. The molecule has 0 spiro atoms. The molecule has 0 fully saturated rings. The summed E-state index contributed by atoms with van der Waals surface area (Å²) in [7, 11) is -0.668. The minimum atomic E-state index is -3.63. The largest absolute Gasteiger partial charge is 0.324 e. The summed E-state index contributed by atoms with van der Waals surface area (Å²) in [5.41, 5.74) is 3.83. The number of hydrogen-bond acceptors (Lipinski definition) is 4. The number of nitrogens with one attached hydrogen (secondary N) is 1. The van der Waals surface area contributed by atoms with E-state index in [1.54, 1.807) is 13.8 Å². The number of aryl methyl sites for hydroxylation is 1. The number of amides is 1. The lowest BCUT2D eigenvalue weighted by Gasteiger charge is -2.20. The van der Waals surface area contributed by atoms with Gasteiger partial charge >= 0.3 is 0 Å². The van der Waals surface area contributed by atoms with E-state index in [2.05, 4.69) is 38.1 Å². The number of benzene rings is 1. The Labute approximate surface area is 174 Å². The van der Waals surface area contributed by atoms with E-state index in [0.29, 0.717) is 11.4 Å². The van der Waals surface area contributed by atoms with Crippen LogP contribution < -0.4 is 5.32 Å². The monoisotopic (exact) mass is 420 g/mol. The highest BCUT2D eigenvalue weighted by Gasteiger charge is 2.27. The van der Waals surface area contributed by atoms with Crippen molar-refractivity contribution in [2.24, 2.45) is 0 Å². The van der Waals surface area contributed by atoms with Crippen LogP contribution in [-0.4, -0.2) is 42.5 Å². The van der Waals surface area contributed by atoms with Crippen LogP contribution in [0.5, 0.6) is 0 Å². The molecule has 1 N–H and O–H groups in total. The Morgan fingerprint density at radius 1 is 1.10 bits per heavy atom. The summed E-state index contributed by atoms with van der Waals surface area (Å²) < 4.78 is 27.8. The lowest BCUT2D eigenvalue weighted by atomic mass is 9.92. The molecule has 1 aromatic heterocycles. The van der Waals surface area contributed by atoms with Crippen LogP contribution in [0.3, 0.4) is 0 Å². The minimum absolute atomic E-state index is 0.0560. The van der Waals surface area contributed by atoms with E-state index >= 15 is 0 Å². The van der Waals surface area contributed by atoms with E-state index in [4.69, 9.17) is 0 Å². The predicted molar refractivity (Wildman–Crippen MR) is 116 cm³/mol. The van der Waals surface area contributed by atoms with E-state index in [1.165, 1.54) is 18.8 Å². The molecule has 1 aromatic carbocycles. The Hall–Kier alpha value is -2.19. The van der Waals surface area contributed by atoms with Gasteiger partial charge in [0.2, 0.25) is 15.9 Å². The Kier molecular flexibility index (Phi) is 6.90. The highest BCUT2D eigenvalue weighted by Crippen LogP contribution is 2.32. The summed E-state index contributed by atoms with van der Waals surface area (Å²) in [6, 6.07) is 6.06. The minimum Gasteiger partial charge on any atom is -0.324 e. The number of hydrogen-bond donors (Lipinski definition) is 1. The molecule has 0 saturated carbocycles. The molecule has 0 radical (unpaired) electrons. The predicted octanol–water partition coefficient (Wildman–Crippen LogP) is 3.64. The van der Waals surface area contributed by atoms with Crippen molar-refractivity contribution in [3.63, 3.8) is 0 Å². The van der Waals surface area contributed by atoms with Crippen molar-refractivity contribution in [1.29, 1.82) is 0 Å². The quantitative estimate of drug-likeness (QED) is 0.741. The van der Waals surface area contributed by atoms with Gasteiger partial charge in [0.15, 0.2) is 0 Å². The summed E-state index contributed by atoms with van der Waals surface area (Å²) in [5, 5.41) is 7.35. The van der Waals surface area contributed by atoms with Crippen LogP contribution in [0.15, 0.2) is 23.1 Å². The van der Waals surface area contributed by atoms with E-state index < -0.39 is 10.0 Å². The number of para-hydroxylation sites is 1. The van der Waals surface area contributed by atoms with Gasteiger partial charge in [0, 0.05) is 19.8 Å². The highest BCUT2D eigenvalue weighted by atomic mass is 32.2. The number of anilines is 1. The average molecular weight is 421 g/mol. The van der Waals surface area contributed by atoms with Crippen molar-refractivity contribution in [3.05, 3.63) is 40.7 Å². The summed E-state index contributed by atoms with van der Waals surface area (Å²) in [6.07, 6.45) is 0. The van der Waals surface area contributed by atoms with Gasteiger partial charge in [0.1, 0.15) is 11.4 Å². The van der Waals surface area contributed by atoms with Crippen molar-refractivity contribution >= 4 is 21.6 Å². The first kappa shape index (κ1) is 23.1. The molecule has 160 valence electrons. The zero-order chi connectivity index (χ0) is 22.1. The van der Waals surface area contributed by atoms with Crippen LogP contribution in [0.25, 0.3) is 0 Å². The van der Waals surface area contributed by atoms with Gasteiger partial charge in [0.05, 0.1) is 11.4 Å². The average Bonchev–Trinajstić information content (AvgIpc) is 2.88. The second-order valence-electron chi connectivity index (χ2n) is 8.11. The van der Waals surface area contributed by atoms with Gasteiger partial charge in [0.25, 0.3) is 0 Å². The Morgan fingerprint density at radius 3 is 2.07 bits per heavy atom. The van der Waals surface area contributed by atoms with Gasteiger partial charge in [-0.1, -0.05) is 45.9 Å². The molecule has 0 saturated heterocycles. The number of rotatable bonds is 7. The molecule has 7 nitrogen and oxygen atoms in total. The lowest BCUT2D eigenvalue weighted by molar-refractivity contribution is -0.117. The number of carbonyl (C=O) groups excluding carboxylic acids is 1. The second kappa shape index (κ2) is 8.67. The molecule has 8 heteroatoms. The summed E-state index contributed by atoms with van der Waals surface area (Å²) in [5.74, 6) is 0.281. The van der Waals surface area contributed by atoms with Crippen LogP contribution in [0.4, 0.5) is 5.69 Å². The summed E-state index contributed by atoms with van der Waals surface area (Å²) >= 11 is 0. The molecule has 1 heterocycles. The first-order chi connectivity index (χ1) is 13.4. The third-order valence-corrected chi connectivity index (χ3v) is 7.05. The van der Waals surface area contributed by atoms with Crippen molar-refractivity contribution < 1.29 is 13.2 Å². The maximum absolute atomic E-state index is 12.9. The lowest BCUT2D eigenvalue weighted by Crippen LogP contribution is -2.24. The zero-order valence-electron chi connectivity index (χ0n) is 18.6. The first-order valence-corrected chi connectivity index (χ1v) is 11.2. The van der Waals surface area contributed by atoms with Crippen LogP contribution >= 0.6 is 0 Å². The van der Waals surface area contributed by atoms with Crippen molar-refractivity contribution in [3.8, 4) is 0 Å². The number of aromatic nitrogens is 2. The van der Waals surface area contributed by atoms with Crippen molar-refractivity contribution in [2.75, 3.05) is 19.4 Å². The molecule has 0 atom stereocenters. The normalized spacial score (nSPS) is 12.2. The zero-order valence-corrected chi connectivity index (χ0v) is 19.4. The Balaban J connectivity index is 2.37. The maximum atomic E-state index is 12.9. The number of nitrogens with zero attached hydrogens (tertiary/aromatic N) is 3. The summed E-state index contributed by atoms with van der Waals surface area (Å²) in [6.45, 7) is 11.6. The van der Waals surface area contributed by atoms with Crippen LogP contribution in [-0.2, 0) is 21.4 Å². The first-order valence-electron chi connectivity index (χ1n) is 9.77. The molecule has 29 heavy (non-hydrogen) atoms. The smallest absolute Gasteiger partial charge is 0.246 e. The van der Waals surface area contributed by atoms with Gasteiger partial charge in [-0.3, -0.25) is 9.48 Å². The third-order valence-electron chi connectivity index (χ3n) is 4.98. The topological polar surface area (TPSA) is 84.3 Å². The fourth-order valence-corrected chi connectivity index (χ4v) is 4.66. The molecule has 0 aliphatic carbocycles. The molecule has 1 amide bonds. The van der Waals surface area contributed by atoms with Crippen LogP contribution in [0.2, 0.25) is 0 Å². The van der Waals surface area contributed by atoms with Gasteiger partial charge in [-0.15, -0.1) is 0 Å². The highest BCUT2D eigenvalue weighted by molar-refractivity contribution is 7.89. The van der Waals surface area contributed by atoms with Crippen LogP contribution in [0, 0.1) is 13.8 Å². The SMILES string of the molecule is Cc1nn(CC(=O)Nc2c(C(C)C)cccc2C(C)C)c(C)c1S(=O)(=O)N(C)C. The Bertz CT molecular complexity index is 979. The summed E-state index contributed by atoms with van der Waals surface area (Å²) in [4.78, 5) is 13.0. The van der Waals surface area contributed by atoms with Crippen molar-refractivity contribution in [1.82, 2.24) is 14.1 Å². The van der Waals surface area contributed by atoms with Gasteiger partial charge in [-0.25, -0.2) is 12.7 Å². The van der Waals surface area contributed by atoms with Gasteiger partial charge < -0.3 is 5.32 Å². The number of sulfonamides is 1. The Morgan fingerprint density at radius 2 is 1.62 bits per heavy atom. The molecule has 2 aromatic rings.